The molecule has 2 aromatic rings. The highest BCUT2D eigenvalue weighted by atomic mass is 79.9. The molecule has 0 amide bonds. The fourth-order valence-electron chi connectivity index (χ4n) is 1.64. The fourth-order valence-corrected chi connectivity index (χ4v) is 2.52. The Morgan fingerprint density at radius 1 is 1.16 bits per heavy atom. The molecule has 2 rings (SSSR count). The summed E-state index contributed by atoms with van der Waals surface area (Å²) in [6.45, 7) is 0. The number of benzene rings is 2. The molecular formula is C14H8BrCl2FO. The lowest BCUT2D eigenvalue weighted by Crippen LogP contribution is -2.05. The Morgan fingerprint density at radius 2 is 1.89 bits per heavy atom. The molecule has 0 heterocycles. The van der Waals surface area contributed by atoms with Crippen molar-refractivity contribution in [2.45, 2.75) is 6.42 Å². The zero-order chi connectivity index (χ0) is 14.0. The van der Waals surface area contributed by atoms with Gasteiger partial charge in [0.05, 0.1) is 0 Å². The van der Waals surface area contributed by atoms with Crippen LogP contribution in [0.15, 0.2) is 40.9 Å². The predicted octanol–water partition coefficient (Wildman–Crippen LogP) is 5.32. The molecule has 0 radical (unpaired) electrons. The first-order chi connectivity index (χ1) is 8.97. The minimum Gasteiger partial charge on any atom is -0.294 e. The SMILES string of the molecule is O=C(Cc1ccc(F)cc1Cl)c1cc(Cl)ccc1Br. The Morgan fingerprint density at radius 3 is 2.58 bits per heavy atom. The second kappa shape index (κ2) is 6.04. The fraction of sp³-hybridized carbons (Fsp3) is 0.0714. The Balaban J connectivity index is 2.28. The van der Waals surface area contributed by atoms with Gasteiger partial charge in [-0.25, -0.2) is 4.39 Å². The van der Waals surface area contributed by atoms with Crippen LogP contribution in [0.1, 0.15) is 15.9 Å². The number of hydrogen-bond donors (Lipinski definition) is 0. The molecule has 98 valence electrons. The Bertz CT molecular complexity index is 643. The standard InChI is InChI=1S/C14H8BrCl2FO/c15-12-4-2-9(16)6-11(12)14(19)5-8-1-3-10(18)7-13(8)17/h1-4,6-7H,5H2. The number of carbonyl (C=O) groups excluding carboxylic acids is 1. The molecule has 0 fully saturated rings. The molecule has 0 bridgehead atoms. The van der Waals surface area contributed by atoms with E-state index >= 15 is 0 Å². The van der Waals surface area contributed by atoms with Gasteiger partial charge >= 0.3 is 0 Å². The number of Topliss-reactive ketones (excluding diaryl/α,β-unsaturated/α-hetero) is 1. The molecule has 0 aliphatic rings. The van der Waals surface area contributed by atoms with Crippen LogP contribution in [-0.2, 0) is 6.42 Å². The Kier molecular flexibility index (Phi) is 4.61. The summed E-state index contributed by atoms with van der Waals surface area (Å²) in [5.74, 6) is -0.562. The first-order valence-corrected chi connectivity index (χ1v) is 6.94. The molecule has 0 spiro atoms. The van der Waals surface area contributed by atoms with Crippen molar-refractivity contribution in [3.05, 3.63) is 67.9 Å². The number of ketones is 1. The van der Waals surface area contributed by atoms with Gasteiger partial charge in [-0.2, -0.15) is 0 Å². The molecule has 5 heteroatoms. The number of carbonyl (C=O) groups is 1. The van der Waals surface area contributed by atoms with Crippen LogP contribution < -0.4 is 0 Å². The van der Waals surface area contributed by atoms with E-state index < -0.39 is 5.82 Å². The second-order valence-corrected chi connectivity index (χ2v) is 5.66. The van der Waals surface area contributed by atoms with Crippen molar-refractivity contribution in [3.8, 4) is 0 Å². The van der Waals surface area contributed by atoms with Gasteiger partial charge < -0.3 is 0 Å². The van der Waals surface area contributed by atoms with Gasteiger partial charge in [0.25, 0.3) is 0 Å². The summed E-state index contributed by atoms with van der Waals surface area (Å²) in [5, 5.41) is 0.725. The van der Waals surface area contributed by atoms with E-state index in [0.29, 0.717) is 20.6 Å². The third-order valence-electron chi connectivity index (χ3n) is 2.59. The summed E-state index contributed by atoms with van der Waals surface area (Å²) in [6.07, 6.45) is 0.0953. The summed E-state index contributed by atoms with van der Waals surface area (Å²) in [7, 11) is 0. The van der Waals surface area contributed by atoms with E-state index in [1.165, 1.54) is 18.2 Å². The van der Waals surface area contributed by atoms with Gasteiger partial charge in [-0.1, -0.05) is 45.2 Å². The molecule has 0 saturated heterocycles. The number of rotatable bonds is 3. The van der Waals surface area contributed by atoms with Crippen molar-refractivity contribution >= 4 is 44.9 Å². The van der Waals surface area contributed by atoms with E-state index in [2.05, 4.69) is 15.9 Å². The smallest absolute Gasteiger partial charge is 0.168 e. The molecule has 0 aliphatic carbocycles. The van der Waals surface area contributed by atoms with Gasteiger partial charge in [-0.15, -0.1) is 0 Å². The maximum absolute atomic E-state index is 12.9. The van der Waals surface area contributed by atoms with Crippen LogP contribution in [0, 0.1) is 5.82 Å². The Hall–Kier alpha value is -0.900. The summed E-state index contributed by atoms with van der Waals surface area (Å²) >= 11 is 15.1. The number of hydrogen-bond acceptors (Lipinski definition) is 1. The zero-order valence-corrected chi connectivity index (χ0v) is 12.7. The van der Waals surface area contributed by atoms with Gasteiger partial charge in [0.1, 0.15) is 5.82 Å². The Labute approximate surface area is 128 Å². The maximum atomic E-state index is 12.9. The minimum absolute atomic E-state index is 0.0953. The van der Waals surface area contributed by atoms with Crippen LogP contribution in [0.3, 0.4) is 0 Å². The van der Waals surface area contributed by atoms with Crippen molar-refractivity contribution in [1.82, 2.24) is 0 Å². The van der Waals surface area contributed by atoms with E-state index in [1.807, 2.05) is 0 Å². The van der Waals surface area contributed by atoms with E-state index in [0.717, 1.165) is 0 Å². The highest BCUT2D eigenvalue weighted by Gasteiger charge is 2.13. The summed E-state index contributed by atoms with van der Waals surface area (Å²) in [6, 6.07) is 8.97. The van der Waals surface area contributed by atoms with Gasteiger partial charge in [-0.05, 0) is 35.9 Å². The molecule has 2 aromatic carbocycles. The van der Waals surface area contributed by atoms with Crippen LogP contribution in [0.25, 0.3) is 0 Å². The topological polar surface area (TPSA) is 17.1 Å². The zero-order valence-electron chi connectivity index (χ0n) is 9.59. The van der Waals surface area contributed by atoms with Crippen LogP contribution in [-0.4, -0.2) is 5.78 Å². The average molecular weight is 362 g/mol. The van der Waals surface area contributed by atoms with Crippen LogP contribution in [0.5, 0.6) is 0 Å². The number of halogens is 4. The summed E-state index contributed by atoms with van der Waals surface area (Å²) in [5.41, 5.74) is 1.06. The first-order valence-electron chi connectivity index (χ1n) is 5.39. The van der Waals surface area contributed by atoms with Crippen LogP contribution in [0.4, 0.5) is 4.39 Å². The second-order valence-electron chi connectivity index (χ2n) is 3.96. The van der Waals surface area contributed by atoms with E-state index in [-0.39, 0.29) is 17.2 Å². The largest absolute Gasteiger partial charge is 0.294 e. The lowest BCUT2D eigenvalue weighted by Gasteiger charge is -2.06. The van der Waals surface area contributed by atoms with Gasteiger partial charge in [-0.3, -0.25) is 4.79 Å². The van der Waals surface area contributed by atoms with Crippen molar-refractivity contribution in [1.29, 1.82) is 0 Å². The third kappa shape index (κ3) is 3.56. The summed E-state index contributed by atoms with van der Waals surface area (Å²) < 4.78 is 13.6. The molecule has 0 N–H and O–H groups in total. The molecular weight excluding hydrogens is 354 g/mol. The molecule has 0 atom stereocenters. The molecule has 0 aromatic heterocycles. The van der Waals surface area contributed by atoms with Gasteiger partial charge in [0.2, 0.25) is 0 Å². The normalized spacial score (nSPS) is 10.5. The monoisotopic (exact) mass is 360 g/mol. The quantitative estimate of drug-likeness (QED) is 0.676. The highest BCUT2D eigenvalue weighted by Crippen LogP contribution is 2.24. The van der Waals surface area contributed by atoms with E-state index in [4.69, 9.17) is 23.2 Å². The van der Waals surface area contributed by atoms with Gasteiger partial charge in [0.15, 0.2) is 5.78 Å². The van der Waals surface area contributed by atoms with Crippen LogP contribution >= 0.6 is 39.1 Å². The van der Waals surface area contributed by atoms with Crippen molar-refractivity contribution in [3.63, 3.8) is 0 Å². The third-order valence-corrected chi connectivity index (χ3v) is 3.87. The minimum atomic E-state index is -0.426. The lowest BCUT2D eigenvalue weighted by molar-refractivity contribution is 0.0992. The molecule has 0 saturated carbocycles. The van der Waals surface area contributed by atoms with E-state index in [9.17, 15) is 9.18 Å². The molecule has 1 nitrogen and oxygen atoms in total. The van der Waals surface area contributed by atoms with Crippen molar-refractivity contribution < 1.29 is 9.18 Å². The maximum Gasteiger partial charge on any atom is 0.168 e. The molecule has 0 unspecified atom stereocenters. The molecule has 0 aliphatic heterocycles. The van der Waals surface area contributed by atoms with Gasteiger partial charge in [0, 0.05) is 26.5 Å². The highest BCUT2D eigenvalue weighted by molar-refractivity contribution is 9.10. The van der Waals surface area contributed by atoms with Crippen molar-refractivity contribution in [2.75, 3.05) is 0 Å². The predicted molar refractivity (Wildman–Crippen MR) is 78.6 cm³/mol. The van der Waals surface area contributed by atoms with Crippen LogP contribution in [0.2, 0.25) is 10.0 Å². The summed E-state index contributed by atoms with van der Waals surface area (Å²) in [4.78, 5) is 12.2. The van der Waals surface area contributed by atoms with Crippen molar-refractivity contribution in [2.24, 2.45) is 0 Å². The molecule has 19 heavy (non-hydrogen) atoms. The first kappa shape index (κ1) is 14.5. The average Bonchev–Trinajstić information content (AvgIpc) is 2.35. The van der Waals surface area contributed by atoms with E-state index in [1.54, 1.807) is 18.2 Å². The lowest BCUT2D eigenvalue weighted by atomic mass is 10.0.